The molecule has 0 aliphatic heterocycles. The Morgan fingerprint density at radius 1 is 1.25 bits per heavy atom. The fraction of sp³-hybridized carbons (Fsp3) is 0.467. The van der Waals surface area contributed by atoms with Gasteiger partial charge in [-0.2, -0.15) is 13.2 Å². The molecule has 1 aliphatic rings. The zero-order valence-corrected chi connectivity index (χ0v) is 11.9. The van der Waals surface area contributed by atoms with Crippen molar-refractivity contribution in [2.75, 3.05) is 0 Å². The second-order valence-electron chi connectivity index (χ2n) is 5.95. The van der Waals surface area contributed by atoms with Crippen LogP contribution in [0.4, 0.5) is 17.6 Å². The van der Waals surface area contributed by atoms with Crippen LogP contribution in [0.15, 0.2) is 24.3 Å². The Labute approximate surface area is 120 Å². The standard InChI is InChI=1S/C15H15ClF4/c1-14(2)7-10(5-11(16)8-14)9-3-4-13(17)12(6-9)15(18,19)20/h3-6,11H,7-8H2,1-2H3. The summed E-state index contributed by atoms with van der Waals surface area (Å²) in [7, 11) is 0. The van der Waals surface area contributed by atoms with Crippen molar-refractivity contribution in [3.8, 4) is 0 Å². The molecule has 2 rings (SSSR count). The van der Waals surface area contributed by atoms with E-state index in [2.05, 4.69) is 0 Å². The number of alkyl halides is 4. The van der Waals surface area contributed by atoms with Crippen molar-refractivity contribution in [2.45, 2.75) is 38.2 Å². The molecule has 0 spiro atoms. The van der Waals surface area contributed by atoms with E-state index in [1.165, 1.54) is 6.07 Å². The summed E-state index contributed by atoms with van der Waals surface area (Å²) in [5, 5.41) is -0.215. The Bertz CT molecular complexity index is 543. The fourth-order valence-electron chi connectivity index (χ4n) is 2.59. The molecule has 20 heavy (non-hydrogen) atoms. The second kappa shape index (κ2) is 5.06. The summed E-state index contributed by atoms with van der Waals surface area (Å²) in [5.41, 5.74) is -0.183. The molecule has 0 aromatic heterocycles. The smallest absolute Gasteiger partial charge is 0.206 e. The molecule has 110 valence electrons. The molecule has 0 saturated carbocycles. The Kier molecular flexibility index (Phi) is 3.89. The lowest BCUT2D eigenvalue weighted by atomic mass is 9.75. The molecule has 0 saturated heterocycles. The molecule has 0 bridgehead atoms. The van der Waals surface area contributed by atoms with Gasteiger partial charge in [0.2, 0.25) is 0 Å². The lowest BCUT2D eigenvalue weighted by Gasteiger charge is -2.32. The molecule has 0 heterocycles. The minimum Gasteiger partial charge on any atom is -0.206 e. The van der Waals surface area contributed by atoms with Gasteiger partial charge in [-0.05, 0) is 41.5 Å². The van der Waals surface area contributed by atoms with Gasteiger partial charge in [0.25, 0.3) is 0 Å². The van der Waals surface area contributed by atoms with Crippen LogP contribution in [0.5, 0.6) is 0 Å². The molecule has 0 nitrogen and oxygen atoms in total. The molecule has 1 atom stereocenters. The van der Waals surface area contributed by atoms with E-state index in [4.69, 9.17) is 11.6 Å². The molecule has 1 aromatic rings. The Morgan fingerprint density at radius 2 is 1.90 bits per heavy atom. The monoisotopic (exact) mass is 306 g/mol. The summed E-state index contributed by atoms with van der Waals surface area (Å²) in [6, 6.07) is 3.11. The maximum absolute atomic E-state index is 13.3. The van der Waals surface area contributed by atoms with Crippen LogP contribution in [0.25, 0.3) is 5.57 Å². The molecular formula is C15H15ClF4. The number of hydrogen-bond donors (Lipinski definition) is 0. The predicted molar refractivity (Wildman–Crippen MR) is 72.0 cm³/mol. The van der Waals surface area contributed by atoms with Gasteiger partial charge in [-0.25, -0.2) is 4.39 Å². The highest BCUT2D eigenvalue weighted by molar-refractivity contribution is 6.22. The van der Waals surface area contributed by atoms with Crippen LogP contribution < -0.4 is 0 Å². The average Bonchev–Trinajstić information content (AvgIpc) is 2.25. The summed E-state index contributed by atoms with van der Waals surface area (Å²) >= 11 is 6.13. The Hall–Kier alpha value is -1.03. The summed E-state index contributed by atoms with van der Waals surface area (Å²) in [6.07, 6.45) is -1.53. The largest absolute Gasteiger partial charge is 0.419 e. The van der Waals surface area contributed by atoms with Crippen molar-refractivity contribution in [1.29, 1.82) is 0 Å². The molecule has 0 fully saturated rings. The highest BCUT2D eigenvalue weighted by Crippen LogP contribution is 2.42. The number of allylic oxidation sites excluding steroid dienone is 2. The maximum atomic E-state index is 13.3. The maximum Gasteiger partial charge on any atom is 0.419 e. The van der Waals surface area contributed by atoms with Gasteiger partial charge in [0.05, 0.1) is 10.9 Å². The lowest BCUT2D eigenvalue weighted by Crippen LogP contribution is -2.22. The van der Waals surface area contributed by atoms with E-state index in [9.17, 15) is 17.6 Å². The van der Waals surface area contributed by atoms with Crippen molar-refractivity contribution in [3.63, 3.8) is 0 Å². The number of halogens is 5. The number of rotatable bonds is 1. The van der Waals surface area contributed by atoms with Crippen LogP contribution in [0.2, 0.25) is 0 Å². The summed E-state index contributed by atoms with van der Waals surface area (Å²) in [6.45, 7) is 4.03. The van der Waals surface area contributed by atoms with Gasteiger partial charge in [0, 0.05) is 0 Å². The molecule has 0 N–H and O–H groups in total. The van der Waals surface area contributed by atoms with Crippen LogP contribution in [-0.2, 0) is 6.18 Å². The average molecular weight is 307 g/mol. The Balaban J connectivity index is 2.44. The van der Waals surface area contributed by atoms with Crippen molar-refractivity contribution in [2.24, 2.45) is 5.41 Å². The molecule has 5 heteroatoms. The minimum absolute atomic E-state index is 0.0801. The minimum atomic E-state index is -4.69. The van der Waals surface area contributed by atoms with Crippen molar-refractivity contribution in [3.05, 3.63) is 41.2 Å². The zero-order chi connectivity index (χ0) is 15.1. The SMILES string of the molecule is CC1(C)CC(c2ccc(F)c(C(F)(F)F)c2)=CC(Cl)C1. The van der Waals surface area contributed by atoms with Gasteiger partial charge in [0.15, 0.2) is 0 Å². The summed E-state index contributed by atoms with van der Waals surface area (Å²) in [5.74, 6) is -1.25. The summed E-state index contributed by atoms with van der Waals surface area (Å²) < 4.78 is 51.5. The molecule has 1 unspecified atom stereocenters. The second-order valence-corrected chi connectivity index (χ2v) is 6.51. The topological polar surface area (TPSA) is 0 Å². The molecule has 0 radical (unpaired) electrons. The van der Waals surface area contributed by atoms with Gasteiger partial charge in [0.1, 0.15) is 5.82 Å². The van der Waals surface area contributed by atoms with E-state index in [1.807, 2.05) is 13.8 Å². The van der Waals surface area contributed by atoms with E-state index in [1.54, 1.807) is 6.08 Å². The van der Waals surface area contributed by atoms with E-state index in [0.29, 0.717) is 12.0 Å². The van der Waals surface area contributed by atoms with Gasteiger partial charge in [-0.1, -0.05) is 26.0 Å². The van der Waals surface area contributed by atoms with Crippen LogP contribution >= 0.6 is 11.6 Å². The lowest BCUT2D eigenvalue weighted by molar-refractivity contribution is -0.140. The van der Waals surface area contributed by atoms with Gasteiger partial charge in [-0.15, -0.1) is 11.6 Å². The zero-order valence-electron chi connectivity index (χ0n) is 11.2. The van der Waals surface area contributed by atoms with Crippen molar-refractivity contribution < 1.29 is 17.6 Å². The van der Waals surface area contributed by atoms with E-state index < -0.39 is 17.6 Å². The van der Waals surface area contributed by atoms with E-state index >= 15 is 0 Å². The highest BCUT2D eigenvalue weighted by Gasteiger charge is 2.35. The van der Waals surface area contributed by atoms with Crippen molar-refractivity contribution in [1.82, 2.24) is 0 Å². The third-order valence-electron chi connectivity index (χ3n) is 3.44. The number of hydrogen-bond acceptors (Lipinski definition) is 0. The summed E-state index contributed by atoms with van der Waals surface area (Å²) in [4.78, 5) is 0. The van der Waals surface area contributed by atoms with Crippen LogP contribution in [0.1, 0.15) is 37.8 Å². The quantitative estimate of drug-likeness (QED) is 0.464. The fourth-order valence-corrected chi connectivity index (χ4v) is 3.16. The first-order valence-corrected chi connectivity index (χ1v) is 6.74. The van der Waals surface area contributed by atoms with Crippen molar-refractivity contribution >= 4 is 17.2 Å². The first kappa shape index (κ1) is 15.4. The molecule has 1 aliphatic carbocycles. The third-order valence-corrected chi connectivity index (χ3v) is 3.72. The molecule has 1 aromatic carbocycles. The Morgan fingerprint density at radius 3 is 2.45 bits per heavy atom. The third kappa shape index (κ3) is 3.35. The normalized spacial score (nSPS) is 22.6. The van der Waals surface area contributed by atoms with Crippen LogP contribution in [0.3, 0.4) is 0 Å². The van der Waals surface area contributed by atoms with Gasteiger partial charge < -0.3 is 0 Å². The van der Waals surface area contributed by atoms with Crippen LogP contribution in [0, 0.1) is 11.2 Å². The van der Waals surface area contributed by atoms with E-state index in [0.717, 1.165) is 24.1 Å². The van der Waals surface area contributed by atoms with E-state index in [-0.39, 0.29) is 10.8 Å². The highest BCUT2D eigenvalue weighted by atomic mass is 35.5. The van der Waals surface area contributed by atoms with Crippen LogP contribution in [-0.4, -0.2) is 5.38 Å². The number of benzene rings is 1. The van der Waals surface area contributed by atoms with Gasteiger partial charge >= 0.3 is 6.18 Å². The first-order chi connectivity index (χ1) is 9.08. The molecular weight excluding hydrogens is 292 g/mol. The molecule has 0 amide bonds. The van der Waals surface area contributed by atoms with Gasteiger partial charge in [-0.3, -0.25) is 0 Å². The predicted octanol–water partition coefficient (Wildman–Crippen LogP) is 5.66. The first-order valence-electron chi connectivity index (χ1n) is 6.30.